The zero-order valence-electron chi connectivity index (χ0n) is 9.49. The van der Waals surface area contributed by atoms with Crippen molar-refractivity contribution >= 4 is 27.4 Å². The fourth-order valence-corrected chi connectivity index (χ4v) is 2.04. The highest BCUT2D eigenvalue weighted by atomic mass is 32.1. The Hall–Kier alpha value is -1.70. The normalized spacial score (nSPS) is 10.5. The van der Waals surface area contributed by atoms with Crippen LogP contribution in [0.2, 0.25) is 0 Å². The molecule has 0 amide bonds. The standard InChI is InChI=1S/C9H13N3O4S/c1-6(2)4-11(5-8(13)14)9-10-3-7(17-9)12(15)16/h3,6H,4-5H2,1-2H3,(H,13,14). The number of aromatic nitrogens is 1. The molecule has 0 bridgehead atoms. The Morgan fingerprint density at radius 3 is 2.76 bits per heavy atom. The van der Waals surface area contributed by atoms with Gasteiger partial charge in [0.05, 0.1) is 4.92 Å². The summed E-state index contributed by atoms with van der Waals surface area (Å²) in [7, 11) is 0. The minimum absolute atomic E-state index is 0.0841. The molecule has 1 aromatic rings. The van der Waals surface area contributed by atoms with E-state index in [0.717, 1.165) is 17.5 Å². The summed E-state index contributed by atoms with van der Waals surface area (Å²) in [4.78, 5) is 26.1. The molecule has 0 saturated heterocycles. The van der Waals surface area contributed by atoms with Crippen LogP contribution in [0.4, 0.5) is 10.1 Å². The predicted octanol–water partition coefficient (Wildman–Crippen LogP) is 1.60. The second-order valence-corrected chi connectivity index (χ2v) is 4.89. The first-order chi connectivity index (χ1) is 7.90. The average molecular weight is 259 g/mol. The van der Waals surface area contributed by atoms with Crippen LogP contribution in [0.3, 0.4) is 0 Å². The topological polar surface area (TPSA) is 96.6 Å². The molecule has 1 heterocycles. The minimum atomic E-state index is -0.983. The third-order valence-electron chi connectivity index (χ3n) is 1.84. The van der Waals surface area contributed by atoms with E-state index in [2.05, 4.69) is 4.98 Å². The molecule has 94 valence electrons. The Bertz CT molecular complexity index is 418. The van der Waals surface area contributed by atoms with Crippen LogP contribution in [-0.4, -0.2) is 34.1 Å². The maximum Gasteiger partial charge on any atom is 0.345 e. The van der Waals surface area contributed by atoms with Crippen LogP contribution in [0.1, 0.15) is 13.8 Å². The number of carbonyl (C=O) groups is 1. The lowest BCUT2D eigenvalue weighted by molar-refractivity contribution is -0.380. The Kier molecular flexibility index (Phi) is 4.38. The molecule has 0 atom stereocenters. The van der Waals surface area contributed by atoms with Crippen molar-refractivity contribution in [3.63, 3.8) is 0 Å². The molecule has 0 fully saturated rings. The van der Waals surface area contributed by atoms with Gasteiger partial charge in [-0.1, -0.05) is 13.8 Å². The average Bonchev–Trinajstić information content (AvgIpc) is 2.63. The molecule has 7 nitrogen and oxygen atoms in total. The summed E-state index contributed by atoms with van der Waals surface area (Å²) < 4.78 is 0. The van der Waals surface area contributed by atoms with Gasteiger partial charge in [0.2, 0.25) is 0 Å². The molecule has 8 heteroatoms. The van der Waals surface area contributed by atoms with Gasteiger partial charge in [0.15, 0.2) is 5.13 Å². The number of rotatable bonds is 6. The highest BCUT2D eigenvalue weighted by Crippen LogP contribution is 2.28. The highest BCUT2D eigenvalue weighted by Gasteiger charge is 2.19. The molecule has 0 spiro atoms. The number of nitro groups is 1. The van der Waals surface area contributed by atoms with Crippen molar-refractivity contribution in [2.24, 2.45) is 5.92 Å². The zero-order chi connectivity index (χ0) is 13.0. The molecule has 0 radical (unpaired) electrons. The van der Waals surface area contributed by atoms with Crippen molar-refractivity contribution in [1.82, 2.24) is 4.98 Å². The van der Waals surface area contributed by atoms with Crippen molar-refractivity contribution in [2.45, 2.75) is 13.8 Å². The number of anilines is 1. The van der Waals surface area contributed by atoms with Crippen molar-refractivity contribution in [3.8, 4) is 0 Å². The summed E-state index contributed by atoms with van der Waals surface area (Å²) in [5, 5.41) is 19.6. The first kappa shape index (κ1) is 13.4. The van der Waals surface area contributed by atoms with Gasteiger partial charge in [0, 0.05) is 6.54 Å². The lowest BCUT2D eigenvalue weighted by atomic mass is 10.2. The summed E-state index contributed by atoms with van der Waals surface area (Å²) in [5.41, 5.74) is 0. The third-order valence-corrected chi connectivity index (χ3v) is 2.85. The van der Waals surface area contributed by atoms with E-state index in [1.807, 2.05) is 13.8 Å². The Balaban J connectivity index is 2.87. The fraction of sp³-hybridized carbons (Fsp3) is 0.556. The molecule has 0 saturated carbocycles. The second-order valence-electron chi connectivity index (χ2n) is 3.91. The number of nitrogens with zero attached hydrogens (tertiary/aromatic N) is 3. The van der Waals surface area contributed by atoms with Crippen LogP contribution in [0.25, 0.3) is 0 Å². The largest absolute Gasteiger partial charge is 0.480 e. The van der Waals surface area contributed by atoms with E-state index in [4.69, 9.17) is 5.11 Å². The third kappa shape index (κ3) is 3.99. The van der Waals surface area contributed by atoms with Gasteiger partial charge in [-0.2, -0.15) is 0 Å². The van der Waals surface area contributed by atoms with E-state index in [0.29, 0.717) is 11.7 Å². The summed E-state index contributed by atoms with van der Waals surface area (Å²) in [6, 6.07) is 0. The van der Waals surface area contributed by atoms with Crippen LogP contribution < -0.4 is 4.90 Å². The van der Waals surface area contributed by atoms with Crippen LogP contribution >= 0.6 is 11.3 Å². The van der Waals surface area contributed by atoms with Crippen LogP contribution in [0, 0.1) is 16.0 Å². The SMILES string of the molecule is CC(C)CN(CC(=O)O)c1ncc([N+](=O)[O-])s1. The van der Waals surface area contributed by atoms with Gasteiger partial charge in [-0.3, -0.25) is 14.9 Å². The number of carboxylic acids is 1. The van der Waals surface area contributed by atoms with Gasteiger partial charge in [0.25, 0.3) is 0 Å². The molecule has 1 rings (SSSR count). The lowest BCUT2D eigenvalue weighted by Crippen LogP contribution is -2.32. The smallest absolute Gasteiger partial charge is 0.345 e. The molecular formula is C9H13N3O4S. The molecule has 0 unspecified atom stereocenters. The van der Waals surface area contributed by atoms with E-state index in [1.165, 1.54) is 4.90 Å². The molecule has 0 aliphatic heterocycles. The molecule has 1 N–H and O–H groups in total. The summed E-state index contributed by atoms with van der Waals surface area (Å²) >= 11 is 0.885. The van der Waals surface area contributed by atoms with Crippen molar-refractivity contribution < 1.29 is 14.8 Å². The van der Waals surface area contributed by atoms with Gasteiger partial charge in [0.1, 0.15) is 12.7 Å². The maximum absolute atomic E-state index is 10.7. The lowest BCUT2D eigenvalue weighted by Gasteiger charge is -2.21. The summed E-state index contributed by atoms with van der Waals surface area (Å²) in [5.74, 6) is -0.735. The van der Waals surface area contributed by atoms with Gasteiger partial charge < -0.3 is 10.0 Å². The summed E-state index contributed by atoms with van der Waals surface area (Å²) in [6.07, 6.45) is 1.15. The van der Waals surface area contributed by atoms with Crippen molar-refractivity contribution in [3.05, 3.63) is 16.3 Å². The molecule has 0 aromatic carbocycles. The van der Waals surface area contributed by atoms with E-state index in [9.17, 15) is 14.9 Å². The zero-order valence-corrected chi connectivity index (χ0v) is 10.3. The fourth-order valence-electron chi connectivity index (χ4n) is 1.30. The van der Waals surface area contributed by atoms with Crippen molar-refractivity contribution in [1.29, 1.82) is 0 Å². The van der Waals surface area contributed by atoms with E-state index < -0.39 is 10.9 Å². The number of hydrogen-bond donors (Lipinski definition) is 1. The number of carboxylic acid groups (broad SMARTS) is 1. The molecule has 0 aliphatic carbocycles. The quantitative estimate of drug-likeness (QED) is 0.615. The highest BCUT2D eigenvalue weighted by molar-refractivity contribution is 7.18. The monoisotopic (exact) mass is 259 g/mol. The predicted molar refractivity (Wildman–Crippen MR) is 63.5 cm³/mol. The number of hydrogen-bond acceptors (Lipinski definition) is 6. The van der Waals surface area contributed by atoms with Crippen LogP contribution in [0.5, 0.6) is 0 Å². The Labute approximate surface area is 102 Å². The Morgan fingerprint density at radius 1 is 1.71 bits per heavy atom. The van der Waals surface area contributed by atoms with E-state index in [1.54, 1.807) is 0 Å². The molecule has 1 aromatic heterocycles. The van der Waals surface area contributed by atoms with Gasteiger partial charge in [-0.05, 0) is 17.3 Å². The van der Waals surface area contributed by atoms with Crippen molar-refractivity contribution in [2.75, 3.05) is 18.0 Å². The van der Waals surface area contributed by atoms with E-state index >= 15 is 0 Å². The van der Waals surface area contributed by atoms with Gasteiger partial charge in [-0.25, -0.2) is 4.98 Å². The first-order valence-electron chi connectivity index (χ1n) is 4.97. The van der Waals surface area contributed by atoms with Gasteiger partial charge >= 0.3 is 11.0 Å². The van der Waals surface area contributed by atoms with Crippen LogP contribution in [0.15, 0.2) is 6.20 Å². The maximum atomic E-state index is 10.7. The Morgan fingerprint density at radius 2 is 2.35 bits per heavy atom. The molecular weight excluding hydrogens is 246 g/mol. The van der Waals surface area contributed by atoms with E-state index in [-0.39, 0.29) is 17.5 Å². The van der Waals surface area contributed by atoms with Crippen LogP contribution in [-0.2, 0) is 4.79 Å². The number of aliphatic carboxylic acids is 1. The molecule has 17 heavy (non-hydrogen) atoms. The number of thiazole rings is 1. The minimum Gasteiger partial charge on any atom is -0.480 e. The van der Waals surface area contributed by atoms with Gasteiger partial charge in [-0.15, -0.1) is 0 Å². The first-order valence-corrected chi connectivity index (χ1v) is 5.78. The summed E-state index contributed by atoms with van der Waals surface area (Å²) in [6.45, 7) is 4.17. The second kappa shape index (κ2) is 5.58. The molecule has 0 aliphatic rings.